The summed E-state index contributed by atoms with van der Waals surface area (Å²) in [5.74, 6) is 0.131. The van der Waals surface area contributed by atoms with E-state index < -0.39 is 0 Å². The Balaban J connectivity index is 0.00000180. The van der Waals surface area contributed by atoms with E-state index in [1.807, 2.05) is 19.2 Å². The summed E-state index contributed by atoms with van der Waals surface area (Å²) in [5, 5.41) is 6.21. The standard InChI is InChI=1S/C14H19BrN2O.ClH/c1-16-10-7-13(18)17-14(8-2-9-14)11-3-5-12(15)6-4-11;/h3-6,16H,2,7-10H2,1H3,(H,17,18);1H. The molecule has 1 fully saturated rings. The van der Waals surface area contributed by atoms with Crippen LogP contribution in [0.15, 0.2) is 28.7 Å². The van der Waals surface area contributed by atoms with E-state index in [0.29, 0.717) is 6.42 Å². The maximum atomic E-state index is 11.9. The third-order valence-electron chi connectivity index (χ3n) is 3.58. The molecular formula is C14H20BrClN2O. The number of rotatable bonds is 5. The zero-order valence-corrected chi connectivity index (χ0v) is 13.4. The molecule has 3 nitrogen and oxygen atoms in total. The lowest BCUT2D eigenvalue weighted by Gasteiger charge is -2.43. The number of carbonyl (C=O) groups excluding carboxylic acids is 1. The summed E-state index contributed by atoms with van der Waals surface area (Å²) in [4.78, 5) is 11.9. The monoisotopic (exact) mass is 346 g/mol. The van der Waals surface area contributed by atoms with Crippen LogP contribution in [-0.2, 0) is 10.3 Å². The molecule has 106 valence electrons. The SMILES string of the molecule is CNCCC(=O)NC1(c2ccc(Br)cc2)CCC1.Cl. The van der Waals surface area contributed by atoms with E-state index in [4.69, 9.17) is 0 Å². The summed E-state index contributed by atoms with van der Waals surface area (Å²) < 4.78 is 1.07. The quantitative estimate of drug-likeness (QED) is 0.860. The Kier molecular flexibility index (Phi) is 6.30. The Labute approximate surface area is 129 Å². The van der Waals surface area contributed by atoms with Crippen LogP contribution in [-0.4, -0.2) is 19.5 Å². The largest absolute Gasteiger partial charge is 0.347 e. The number of nitrogens with one attached hydrogen (secondary N) is 2. The molecule has 0 unspecified atom stereocenters. The van der Waals surface area contributed by atoms with Crippen LogP contribution >= 0.6 is 28.3 Å². The zero-order chi connectivity index (χ0) is 13.0. The first-order valence-electron chi connectivity index (χ1n) is 6.38. The molecule has 1 amide bonds. The first-order valence-corrected chi connectivity index (χ1v) is 7.17. The predicted molar refractivity (Wildman–Crippen MR) is 83.6 cm³/mol. The van der Waals surface area contributed by atoms with Crippen LogP contribution in [0.5, 0.6) is 0 Å². The Hall–Kier alpha value is -0.580. The summed E-state index contributed by atoms with van der Waals surface area (Å²) in [6.45, 7) is 0.724. The second kappa shape index (κ2) is 7.27. The number of benzene rings is 1. The van der Waals surface area contributed by atoms with Gasteiger partial charge in [-0.25, -0.2) is 0 Å². The van der Waals surface area contributed by atoms with Gasteiger partial charge in [0.05, 0.1) is 5.54 Å². The highest BCUT2D eigenvalue weighted by Crippen LogP contribution is 2.41. The van der Waals surface area contributed by atoms with Gasteiger partial charge in [0, 0.05) is 17.4 Å². The van der Waals surface area contributed by atoms with Crippen molar-refractivity contribution in [3.05, 3.63) is 34.3 Å². The van der Waals surface area contributed by atoms with Gasteiger partial charge in [-0.05, 0) is 44.0 Å². The fourth-order valence-corrected chi connectivity index (χ4v) is 2.62. The third-order valence-corrected chi connectivity index (χ3v) is 4.11. The molecule has 1 aliphatic carbocycles. The van der Waals surface area contributed by atoms with Crippen LogP contribution in [0.25, 0.3) is 0 Å². The van der Waals surface area contributed by atoms with Gasteiger partial charge in [-0.2, -0.15) is 0 Å². The molecule has 0 saturated heterocycles. The van der Waals surface area contributed by atoms with E-state index in [1.165, 1.54) is 12.0 Å². The minimum absolute atomic E-state index is 0. The van der Waals surface area contributed by atoms with Crippen molar-refractivity contribution in [3.63, 3.8) is 0 Å². The Morgan fingerprint density at radius 3 is 2.42 bits per heavy atom. The van der Waals surface area contributed by atoms with E-state index in [9.17, 15) is 4.79 Å². The molecule has 1 saturated carbocycles. The van der Waals surface area contributed by atoms with Crippen LogP contribution in [0, 0.1) is 0 Å². The lowest BCUT2D eigenvalue weighted by Crippen LogP contribution is -2.51. The highest BCUT2D eigenvalue weighted by Gasteiger charge is 2.39. The Morgan fingerprint density at radius 1 is 1.32 bits per heavy atom. The molecule has 0 bridgehead atoms. The molecule has 0 aromatic heterocycles. The van der Waals surface area contributed by atoms with E-state index in [2.05, 4.69) is 38.7 Å². The Bertz CT molecular complexity index is 418. The van der Waals surface area contributed by atoms with Crippen molar-refractivity contribution >= 4 is 34.2 Å². The molecule has 2 N–H and O–H groups in total. The second-order valence-corrected chi connectivity index (χ2v) is 5.76. The molecule has 0 spiro atoms. The fourth-order valence-electron chi connectivity index (χ4n) is 2.35. The van der Waals surface area contributed by atoms with Crippen molar-refractivity contribution in [2.24, 2.45) is 0 Å². The van der Waals surface area contributed by atoms with Crippen molar-refractivity contribution < 1.29 is 4.79 Å². The maximum Gasteiger partial charge on any atom is 0.221 e. The molecule has 2 rings (SSSR count). The van der Waals surface area contributed by atoms with Crippen molar-refractivity contribution in [1.29, 1.82) is 0 Å². The number of carbonyl (C=O) groups is 1. The number of hydrogen-bond acceptors (Lipinski definition) is 2. The first-order chi connectivity index (χ1) is 8.66. The normalized spacial score (nSPS) is 16.1. The molecule has 0 radical (unpaired) electrons. The molecule has 0 heterocycles. The average Bonchev–Trinajstić information content (AvgIpc) is 2.32. The molecule has 19 heavy (non-hydrogen) atoms. The van der Waals surface area contributed by atoms with E-state index in [1.54, 1.807) is 0 Å². The summed E-state index contributed by atoms with van der Waals surface area (Å²) in [7, 11) is 1.86. The van der Waals surface area contributed by atoms with Gasteiger partial charge in [0.1, 0.15) is 0 Å². The summed E-state index contributed by atoms with van der Waals surface area (Å²) in [6.07, 6.45) is 3.80. The lowest BCUT2D eigenvalue weighted by molar-refractivity contribution is -0.124. The molecule has 1 aromatic rings. The third kappa shape index (κ3) is 3.94. The minimum Gasteiger partial charge on any atom is -0.347 e. The van der Waals surface area contributed by atoms with Crippen molar-refractivity contribution in [2.75, 3.05) is 13.6 Å². The van der Waals surface area contributed by atoms with Crippen molar-refractivity contribution in [2.45, 2.75) is 31.2 Å². The van der Waals surface area contributed by atoms with Gasteiger partial charge in [0.2, 0.25) is 5.91 Å². The number of halogens is 2. The Morgan fingerprint density at radius 2 is 1.95 bits per heavy atom. The smallest absolute Gasteiger partial charge is 0.221 e. The summed E-state index contributed by atoms with van der Waals surface area (Å²) >= 11 is 3.44. The van der Waals surface area contributed by atoms with Crippen molar-refractivity contribution in [3.8, 4) is 0 Å². The van der Waals surface area contributed by atoms with Gasteiger partial charge < -0.3 is 10.6 Å². The van der Waals surface area contributed by atoms with Gasteiger partial charge in [-0.1, -0.05) is 28.1 Å². The summed E-state index contributed by atoms with van der Waals surface area (Å²) in [5.41, 5.74) is 1.10. The van der Waals surface area contributed by atoms with Gasteiger partial charge in [-0.3, -0.25) is 4.79 Å². The highest BCUT2D eigenvalue weighted by atomic mass is 79.9. The van der Waals surface area contributed by atoms with E-state index in [0.717, 1.165) is 23.9 Å². The van der Waals surface area contributed by atoms with Crippen molar-refractivity contribution in [1.82, 2.24) is 10.6 Å². The lowest BCUT2D eigenvalue weighted by atomic mass is 9.71. The molecular weight excluding hydrogens is 328 g/mol. The van der Waals surface area contributed by atoms with E-state index >= 15 is 0 Å². The van der Waals surface area contributed by atoms with Crippen LogP contribution in [0.3, 0.4) is 0 Å². The van der Waals surface area contributed by atoms with Gasteiger partial charge in [0.15, 0.2) is 0 Å². The molecule has 0 aliphatic heterocycles. The van der Waals surface area contributed by atoms with E-state index in [-0.39, 0.29) is 23.9 Å². The van der Waals surface area contributed by atoms with Crippen LogP contribution in [0.2, 0.25) is 0 Å². The highest BCUT2D eigenvalue weighted by molar-refractivity contribution is 9.10. The van der Waals surface area contributed by atoms with Crippen LogP contribution in [0.4, 0.5) is 0 Å². The number of hydrogen-bond donors (Lipinski definition) is 2. The second-order valence-electron chi connectivity index (χ2n) is 4.84. The van der Waals surface area contributed by atoms with Gasteiger partial charge in [-0.15, -0.1) is 12.4 Å². The minimum atomic E-state index is -0.120. The predicted octanol–water partition coefficient (Wildman–Crippen LogP) is 2.98. The van der Waals surface area contributed by atoms with Crippen LogP contribution in [0.1, 0.15) is 31.2 Å². The molecule has 1 aromatic carbocycles. The zero-order valence-electron chi connectivity index (χ0n) is 11.0. The average molecular weight is 348 g/mol. The molecule has 5 heteroatoms. The first kappa shape index (κ1) is 16.5. The van der Waals surface area contributed by atoms with Gasteiger partial charge in [0.25, 0.3) is 0 Å². The van der Waals surface area contributed by atoms with Crippen LogP contribution < -0.4 is 10.6 Å². The molecule has 0 atom stereocenters. The summed E-state index contributed by atoms with van der Waals surface area (Å²) in [6, 6.07) is 8.27. The van der Waals surface area contributed by atoms with Gasteiger partial charge >= 0.3 is 0 Å². The number of amides is 1. The fraction of sp³-hybridized carbons (Fsp3) is 0.500. The molecule has 1 aliphatic rings. The topological polar surface area (TPSA) is 41.1 Å². The maximum absolute atomic E-state index is 11.9.